The topological polar surface area (TPSA) is 58.2 Å². The molecule has 0 aliphatic carbocycles. The highest BCUT2D eigenvalue weighted by Crippen LogP contribution is 2.34. The zero-order valence-corrected chi connectivity index (χ0v) is 16.8. The van der Waals surface area contributed by atoms with E-state index in [0.717, 1.165) is 16.9 Å². The SMILES string of the molecule is CC(NC(C)(C)CNS(=O)(=O)c1cc(Cl)sc1Cl)c1ccccc1. The molecule has 8 heteroatoms. The predicted molar refractivity (Wildman–Crippen MR) is 102 cm³/mol. The van der Waals surface area contributed by atoms with Gasteiger partial charge in [-0.25, -0.2) is 13.1 Å². The van der Waals surface area contributed by atoms with Gasteiger partial charge in [0.15, 0.2) is 0 Å². The molecular weight excluding hydrogens is 387 g/mol. The first-order valence-electron chi connectivity index (χ1n) is 7.38. The van der Waals surface area contributed by atoms with Crippen molar-refractivity contribution in [1.29, 1.82) is 0 Å². The lowest BCUT2D eigenvalue weighted by atomic mass is 10.0. The molecule has 0 saturated carbocycles. The van der Waals surface area contributed by atoms with Gasteiger partial charge in [-0.05, 0) is 32.4 Å². The average Bonchev–Trinajstić information content (AvgIpc) is 2.85. The highest BCUT2D eigenvalue weighted by molar-refractivity contribution is 7.89. The molecule has 24 heavy (non-hydrogen) atoms. The zero-order chi connectivity index (χ0) is 18.0. The number of hydrogen-bond donors (Lipinski definition) is 2. The minimum atomic E-state index is -3.70. The van der Waals surface area contributed by atoms with Gasteiger partial charge in [0.2, 0.25) is 10.0 Å². The summed E-state index contributed by atoms with van der Waals surface area (Å²) in [6.45, 7) is 6.14. The zero-order valence-electron chi connectivity index (χ0n) is 13.6. The molecule has 0 bridgehead atoms. The Morgan fingerprint density at radius 1 is 1.21 bits per heavy atom. The molecule has 0 radical (unpaired) electrons. The number of rotatable bonds is 7. The Labute approximate surface area is 157 Å². The Balaban J connectivity index is 2.03. The molecule has 0 spiro atoms. The van der Waals surface area contributed by atoms with Crippen molar-refractivity contribution < 1.29 is 8.42 Å². The lowest BCUT2D eigenvalue weighted by Gasteiger charge is -2.30. The Morgan fingerprint density at radius 3 is 2.38 bits per heavy atom. The normalized spacial score (nSPS) is 13.9. The van der Waals surface area contributed by atoms with E-state index < -0.39 is 15.6 Å². The largest absolute Gasteiger partial charge is 0.304 e. The van der Waals surface area contributed by atoms with Crippen molar-refractivity contribution in [2.24, 2.45) is 0 Å². The summed E-state index contributed by atoms with van der Waals surface area (Å²) in [5.41, 5.74) is 0.690. The summed E-state index contributed by atoms with van der Waals surface area (Å²) in [6.07, 6.45) is 0. The first-order chi connectivity index (χ1) is 11.1. The van der Waals surface area contributed by atoms with Crippen molar-refractivity contribution in [2.75, 3.05) is 6.54 Å². The van der Waals surface area contributed by atoms with Gasteiger partial charge in [-0.15, -0.1) is 11.3 Å². The maximum atomic E-state index is 12.4. The summed E-state index contributed by atoms with van der Waals surface area (Å²) in [4.78, 5) is 0.0195. The number of halogens is 2. The maximum absolute atomic E-state index is 12.4. The van der Waals surface area contributed by atoms with Crippen molar-refractivity contribution in [3.63, 3.8) is 0 Å². The Morgan fingerprint density at radius 2 is 1.83 bits per heavy atom. The molecule has 0 amide bonds. The van der Waals surface area contributed by atoms with Gasteiger partial charge in [0, 0.05) is 18.1 Å². The molecule has 4 nitrogen and oxygen atoms in total. The van der Waals surface area contributed by atoms with Crippen LogP contribution in [0.5, 0.6) is 0 Å². The summed E-state index contributed by atoms with van der Waals surface area (Å²) < 4.78 is 27.9. The lowest BCUT2D eigenvalue weighted by molar-refractivity contribution is 0.346. The first-order valence-corrected chi connectivity index (χ1v) is 10.4. The van der Waals surface area contributed by atoms with Crippen LogP contribution in [0.15, 0.2) is 41.3 Å². The van der Waals surface area contributed by atoms with E-state index in [1.54, 1.807) is 0 Å². The van der Waals surface area contributed by atoms with Gasteiger partial charge in [-0.3, -0.25) is 0 Å². The third-order valence-corrected chi connectivity index (χ3v) is 6.68. The second-order valence-electron chi connectivity index (χ2n) is 6.17. The predicted octanol–water partition coefficient (Wildman–Crippen LogP) is 4.46. The monoisotopic (exact) mass is 406 g/mol. The fraction of sp³-hybridized carbons (Fsp3) is 0.375. The van der Waals surface area contributed by atoms with Gasteiger partial charge in [0.25, 0.3) is 0 Å². The van der Waals surface area contributed by atoms with Crippen LogP contribution < -0.4 is 10.0 Å². The second-order valence-corrected chi connectivity index (χ2v) is 10.2. The second kappa shape index (κ2) is 7.72. The maximum Gasteiger partial charge on any atom is 0.243 e. The summed E-state index contributed by atoms with van der Waals surface area (Å²) in [6, 6.07) is 11.4. The number of sulfonamides is 1. The van der Waals surface area contributed by atoms with Crippen LogP contribution in [0.4, 0.5) is 0 Å². The smallest absolute Gasteiger partial charge is 0.243 e. The quantitative estimate of drug-likeness (QED) is 0.713. The number of benzene rings is 1. The minimum absolute atomic E-state index is 0.0195. The molecule has 0 saturated heterocycles. The summed E-state index contributed by atoms with van der Waals surface area (Å²) >= 11 is 12.8. The highest BCUT2D eigenvalue weighted by atomic mass is 35.5. The van der Waals surface area contributed by atoms with Gasteiger partial charge in [0.05, 0.1) is 4.34 Å². The minimum Gasteiger partial charge on any atom is -0.304 e. The van der Waals surface area contributed by atoms with Crippen LogP contribution in [0.1, 0.15) is 32.4 Å². The van der Waals surface area contributed by atoms with Crippen molar-refractivity contribution in [2.45, 2.75) is 37.2 Å². The van der Waals surface area contributed by atoms with Crippen LogP contribution in [-0.2, 0) is 10.0 Å². The van der Waals surface area contributed by atoms with Crippen molar-refractivity contribution in [1.82, 2.24) is 10.0 Å². The average molecular weight is 407 g/mol. The molecule has 0 aliphatic heterocycles. The molecule has 0 fully saturated rings. The molecule has 1 aromatic carbocycles. The van der Waals surface area contributed by atoms with E-state index in [2.05, 4.69) is 10.0 Å². The fourth-order valence-corrected chi connectivity index (χ4v) is 5.68. The standard InChI is InChI=1S/C16H20Cl2N2O2S2/c1-11(12-7-5-4-6-8-12)20-16(2,3)10-19-24(21,22)13-9-14(17)23-15(13)18/h4-9,11,19-20H,10H2,1-3H3. The molecule has 1 heterocycles. The van der Waals surface area contributed by atoms with E-state index in [9.17, 15) is 8.42 Å². The van der Waals surface area contributed by atoms with Gasteiger partial charge in [-0.2, -0.15) is 0 Å². The van der Waals surface area contributed by atoms with E-state index in [0.29, 0.717) is 4.34 Å². The fourth-order valence-electron chi connectivity index (χ4n) is 2.32. The molecule has 1 atom stereocenters. The van der Waals surface area contributed by atoms with Gasteiger partial charge in [0.1, 0.15) is 9.23 Å². The molecule has 2 N–H and O–H groups in total. The van der Waals surface area contributed by atoms with Gasteiger partial charge < -0.3 is 5.32 Å². The molecule has 1 aromatic heterocycles. The number of thiophene rings is 1. The van der Waals surface area contributed by atoms with Crippen LogP contribution in [0.2, 0.25) is 8.67 Å². The van der Waals surface area contributed by atoms with Crippen LogP contribution >= 0.6 is 34.5 Å². The summed E-state index contributed by atoms with van der Waals surface area (Å²) in [5, 5.41) is 3.43. The van der Waals surface area contributed by atoms with Gasteiger partial charge >= 0.3 is 0 Å². The van der Waals surface area contributed by atoms with Crippen LogP contribution in [-0.4, -0.2) is 20.5 Å². The molecule has 2 rings (SSSR count). The molecule has 0 aliphatic rings. The molecular formula is C16H20Cl2N2O2S2. The van der Waals surface area contributed by atoms with Crippen LogP contribution in [0, 0.1) is 0 Å². The summed E-state index contributed by atoms with van der Waals surface area (Å²) in [7, 11) is -3.70. The lowest BCUT2D eigenvalue weighted by Crippen LogP contribution is -2.49. The summed E-state index contributed by atoms with van der Waals surface area (Å²) in [5.74, 6) is 0. The number of hydrogen-bond acceptors (Lipinski definition) is 4. The third-order valence-electron chi connectivity index (χ3n) is 3.53. The highest BCUT2D eigenvalue weighted by Gasteiger charge is 2.26. The van der Waals surface area contributed by atoms with E-state index in [-0.39, 0.29) is 21.8 Å². The van der Waals surface area contributed by atoms with Crippen molar-refractivity contribution >= 4 is 44.6 Å². The molecule has 2 aromatic rings. The number of nitrogens with one attached hydrogen (secondary N) is 2. The van der Waals surface area contributed by atoms with Crippen molar-refractivity contribution in [3.05, 3.63) is 50.6 Å². The van der Waals surface area contributed by atoms with Gasteiger partial charge in [-0.1, -0.05) is 53.5 Å². The first kappa shape index (κ1) is 19.7. The third kappa shape index (κ3) is 5.18. The van der Waals surface area contributed by atoms with Crippen LogP contribution in [0.25, 0.3) is 0 Å². The van der Waals surface area contributed by atoms with E-state index in [1.165, 1.54) is 6.07 Å². The Hall–Kier alpha value is -0.630. The Bertz CT molecular complexity index is 790. The Kier molecular flexibility index (Phi) is 6.34. The van der Waals surface area contributed by atoms with E-state index >= 15 is 0 Å². The van der Waals surface area contributed by atoms with Crippen molar-refractivity contribution in [3.8, 4) is 0 Å². The van der Waals surface area contributed by atoms with Crippen LogP contribution in [0.3, 0.4) is 0 Å². The molecule has 132 valence electrons. The van der Waals surface area contributed by atoms with E-state index in [4.69, 9.17) is 23.2 Å². The molecule has 1 unspecified atom stereocenters. The van der Waals surface area contributed by atoms with E-state index in [1.807, 2.05) is 51.1 Å².